The van der Waals surface area contributed by atoms with Gasteiger partial charge in [-0.05, 0) is 38.3 Å². The molecule has 0 aliphatic carbocycles. The average Bonchev–Trinajstić information content (AvgIpc) is 3.03. The van der Waals surface area contributed by atoms with E-state index in [1.165, 1.54) is 5.69 Å². The summed E-state index contributed by atoms with van der Waals surface area (Å²) in [4.78, 5) is 2.25. The van der Waals surface area contributed by atoms with Gasteiger partial charge in [-0.3, -0.25) is 0 Å². The third kappa shape index (κ3) is 4.69. The highest BCUT2D eigenvalue weighted by Gasteiger charge is 2.24. The first-order valence-electron chi connectivity index (χ1n) is 7.68. The van der Waals surface area contributed by atoms with Crippen LogP contribution in [0.4, 0.5) is 5.69 Å². The van der Waals surface area contributed by atoms with Gasteiger partial charge in [0.2, 0.25) is 0 Å². The standard InChI is InChI=1S/C15H25N3O2S/c1-2-17(15-9-4-3-5-10-15)12-8-11-16-21(19,20)18-13-6-7-14-18/h3-5,9-10,16H,2,6-8,11-14H2,1H3. The van der Waals surface area contributed by atoms with Gasteiger partial charge in [0, 0.05) is 38.4 Å². The minimum Gasteiger partial charge on any atom is -0.372 e. The van der Waals surface area contributed by atoms with Crippen LogP contribution in [0, 0.1) is 0 Å². The summed E-state index contributed by atoms with van der Waals surface area (Å²) >= 11 is 0. The van der Waals surface area contributed by atoms with Crippen molar-refractivity contribution < 1.29 is 8.42 Å². The second kappa shape index (κ2) is 7.77. The average molecular weight is 311 g/mol. The van der Waals surface area contributed by atoms with E-state index in [4.69, 9.17) is 0 Å². The molecule has 1 aromatic carbocycles. The van der Waals surface area contributed by atoms with Crippen LogP contribution in [-0.4, -0.2) is 45.4 Å². The predicted octanol–water partition coefficient (Wildman–Crippen LogP) is 1.83. The van der Waals surface area contributed by atoms with Crippen molar-refractivity contribution in [3.05, 3.63) is 30.3 Å². The molecule has 0 amide bonds. The van der Waals surface area contributed by atoms with Crippen molar-refractivity contribution in [2.24, 2.45) is 0 Å². The van der Waals surface area contributed by atoms with Crippen molar-refractivity contribution in [2.45, 2.75) is 26.2 Å². The Hall–Kier alpha value is -1.11. The maximum absolute atomic E-state index is 12.0. The molecule has 118 valence electrons. The largest absolute Gasteiger partial charge is 0.372 e. The summed E-state index contributed by atoms with van der Waals surface area (Å²) in [5.74, 6) is 0. The highest BCUT2D eigenvalue weighted by molar-refractivity contribution is 7.87. The van der Waals surface area contributed by atoms with Crippen molar-refractivity contribution in [1.82, 2.24) is 9.03 Å². The molecule has 1 saturated heterocycles. The van der Waals surface area contributed by atoms with Gasteiger partial charge in [-0.2, -0.15) is 12.7 Å². The molecule has 1 aliphatic rings. The maximum Gasteiger partial charge on any atom is 0.279 e. The molecule has 0 spiro atoms. The molecule has 0 unspecified atom stereocenters. The van der Waals surface area contributed by atoms with E-state index in [2.05, 4.69) is 28.7 Å². The number of rotatable bonds is 8. The minimum absolute atomic E-state index is 0.488. The Kier molecular flexibility index (Phi) is 6.02. The van der Waals surface area contributed by atoms with Gasteiger partial charge in [0.1, 0.15) is 0 Å². The molecular weight excluding hydrogens is 286 g/mol. The van der Waals surface area contributed by atoms with Crippen LogP contribution in [0.1, 0.15) is 26.2 Å². The molecule has 1 aromatic rings. The molecular formula is C15H25N3O2S. The van der Waals surface area contributed by atoms with Crippen LogP contribution in [0.3, 0.4) is 0 Å². The zero-order chi connectivity index (χ0) is 15.1. The Morgan fingerprint density at radius 3 is 2.48 bits per heavy atom. The summed E-state index contributed by atoms with van der Waals surface area (Å²) < 4.78 is 28.3. The Morgan fingerprint density at radius 1 is 1.19 bits per heavy atom. The molecule has 1 heterocycles. The molecule has 0 radical (unpaired) electrons. The minimum atomic E-state index is -3.26. The number of para-hydroxylation sites is 1. The van der Waals surface area contributed by atoms with Crippen LogP contribution in [0.5, 0.6) is 0 Å². The van der Waals surface area contributed by atoms with E-state index in [0.717, 1.165) is 32.4 Å². The summed E-state index contributed by atoms with van der Waals surface area (Å²) in [5, 5.41) is 0. The number of anilines is 1. The second-order valence-corrected chi connectivity index (χ2v) is 7.03. The zero-order valence-electron chi connectivity index (χ0n) is 12.7. The third-order valence-electron chi connectivity index (χ3n) is 3.80. The van der Waals surface area contributed by atoms with Crippen LogP contribution < -0.4 is 9.62 Å². The Labute approximate surface area is 128 Å². The summed E-state index contributed by atoms with van der Waals surface area (Å²) in [6.07, 6.45) is 2.74. The molecule has 1 aliphatic heterocycles. The van der Waals surface area contributed by atoms with Gasteiger partial charge < -0.3 is 4.90 Å². The van der Waals surface area contributed by atoms with E-state index in [-0.39, 0.29) is 0 Å². The lowest BCUT2D eigenvalue weighted by Crippen LogP contribution is -2.40. The lowest BCUT2D eigenvalue weighted by molar-refractivity contribution is 0.464. The smallest absolute Gasteiger partial charge is 0.279 e. The number of nitrogens with zero attached hydrogens (tertiary/aromatic N) is 2. The molecule has 1 fully saturated rings. The van der Waals surface area contributed by atoms with Crippen molar-refractivity contribution in [3.63, 3.8) is 0 Å². The van der Waals surface area contributed by atoms with Crippen molar-refractivity contribution in [2.75, 3.05) is 37.6 Å². The quantitative estimate of drug-likeness (QED) is 0.745. The maximum atomic E-state index is 12.0. The molecule has 2 rings (SSSR count). The molecule has 6 heteroatoms. The highest BCUT2D eigenvalue weighted by Crippen LogP contribution is 2.13. The van der Waals surface area contributed by atoms with Crippen LogP contribution in [0.2, 0.25) is 0 Å². The Morgan fingerprint density at radius 2 is 1.86 bits per heavy atom. The van der Waals surface area contributed by atoms with Gasteiger partial charge in [-0.25, -0.2) is 4.72 Å². The van der Waals surface area contributed by atoms with Crippen molar-refractivity contribution in [1.29, 1.82) is 0 Å². The van der Waals surface area contributed by atoms with Crippen LogP contribution in [0.25, 0.3) is 0 Å². The van der Waals surface area contributed by atoms with Crippen molar-refractivity contribution in [3.8, 4) is 0 Å². The van der Waals surface area contributed by atoms with Crippen LogP contribution >= 0.6 is 0 Å². The first-order chi connectivity index (χ1) is 10.1. The molecule has 0 saturated carbocycles. The summed E-state index contributed by atoms with van der Waals surface area (Å²) in [6.45, 7) is 5.68. The molecule has 1 N–H and O–H groups in total. The number of nitrogens with one attached hydrogen (secondary N) is 1. The summed E-state index contributed by atoms with van der Waals surface area (Å²) in [5.41, 5.74) is 1.18. The van der Waals surface area contributed by atoms with Gasteiger partial charge in [-0.1, -0.05) is 18.2 Å². The van der Waals surface area contributed by atoms with Crippen molar-refractivity contribution >= 4 is 15.9 Å². The molecule has 0 atom stereocenters. The van der Waals surface area contributed by atoms with Crippen LogP contribution in [-0.2, 0) is 10.2 Å². The SMILES string of the molecule is CCN(CCCNS(=O)(=O)N1CCCC1)c1ccccc1. The fourth-order valence-electron chi connectivity index (χ4n) is 2.60. The topological polar surface area (TPSA) is 52.7 Å². The van der Waals surface area contributed by atoms with Gasteiger partial charge >= 0.3 is 0 Å². The Balaban J connectivity index is 1.76. The predicted molar refractivity (Wildman–Crippen MR) is 86.7 cm³/mol. The number of hydrogen-bond acceptors (Lipinski definition) is 3. The van der Waals surface area contributed by atoms with Gasteiger partial charge in [0.15, 0.2) is 0 Å². The van der Waals surface area contributed by atoms with Gasteiger partial charge in [0.25, 0.3) is 10.2 Å². The van der Waals surface area contributed by atoms with E-state index in [9.17, 15) is 8.42 Å². The molecule has 5 nitrogen and oxygen atoms in total. The van der Waals surface area contributed by atoms with E-state index in [0.29, 0.717) is 19.6 Å². The van der Waals surface area contributed by atoms with E-state index < -0.39 is 10.2 Å². The molecule has 21 heavy (non-hydrogen) atoms. The fraction of sp³-hybridized carbons (Fsp3) is 0.600. The zero-order valence-corrected chi connectivity index (χ0v) is 13.5. The van der Waals surface area contributed by atoms with Gasteiger partial charge in [0.05, 0.1) is 0 Å². The first kappa shape index (κ1) is 16.3. The van der Waals surface area contributed by atoms with Gasteiger partial charge in [-0.15, -0.1) is 0 Å². The fourth-order valence-corrected chi connectivity index (χ4v) is 3.92. The number of benzene rings is 1. The van der Waals surface area contributed by atoms with Crippen LogP contribution in [0.15, 0.2) is 30.3 Å². The summed E-state index contributed by atoms with van der Waals surface area (Å²) in [6, 6.07) is 10.2. The van der Waals surface area contributed by atoms with E-state index in [1.807, 2.05) is 18.2 Å². The highest BCUT2D eigenvalue weighted by atomic mass is 32.2. The normalized spacial score (nSPS) is 16.2. The van der Waals surface area contributed by atoms with E-state index >= 15 is 0 Å². The Bertz CT molecular complexity index is 513. The van der Waals surface area contributed by atoms with E-state index in [1.54, 1.807) is 4.31 Å². The lowest BCUT2D eigenvalue weighted by atomic mass is 10.2. The molecule has 0 aromatic heterocycles. The lowest BCUT2D eigenvalue weighted by Gasteiger charge is -2.23. The first-order valence-corrected chi connectivity index (χ1v) is 9.12. The second-order valence-electron chi connectivity index (χ2n) is 5.27. The summed E-state index contributed by atoms with van der Waals surface area (Å²) in [7, 11) is -3.26. The number of hydrogen-bond donors (Lipinski definition) is 1. The monoisotopic (exact) mass is 311 g/mol. The third-order valence-corrected chi connectivity index (χ3v) is 5.41. The molecule has 0 bridgehead atoms.